The molecule has 0 fully saturated rings. The summed E-state index contributed by atoms with van der Waals surface area (Å²) in [6.07, 6.45) is 2.64. The Kier molecular flexibility index (Phi) is 7.51. The second-order valence-electron chi connectivity index (χ2n) is 8.97. The number of carbonyl (C=O) groups is 1. The number of nitrogens with zero attached hydrogens (tertiary/aromatic N) is 2. The number of hydrogen-bond acceptors (Lipinski definition) is 6. The van der Waals surface area contributed by atoms with Gasteiger partial charge in [0.05, 0.1) is 29.2 Å². The summed E-state index contributed by atoms with van der Waals surface area (Å²) in [5, 5.41) is 15.0. The van der Waals surface area contributed by atoms with Crippen LogP contribution in [0.5, 0.6) is 0 Å². The van der Waals surface area contributed by atoms with E-state index in [4.69, 9.17) is 9.47 Å². The molecule has 0 aliphatic carbocycles. The molecule has 7 nitrogen and oxygen atoms in total. The minimum Gasteiger partial charge on any atom is -0.474 e. The molecule has 7 heteroatoms. The van der Waals surface area contributed by atoms with E-state index in [2.05, 4.69) is 40.1 Å². The summed E-state index contributed by atoms with van der Waals surface area (Å²) >= 11 is 0. The largest absolute Gasteiger partial charge is 0.474 e. The Morgan fingerprint density at radius 1 is 0.969 bits per heavy atom. The molecule has 0 bridgehead atoms. The molecule has 1 aromatic heterocycles. The number of rotatable bonds is 4. The van der Waals surface area contributed by atoms with Gasteiger partial charge in [0.2, 0.25) is 0 Å². The van der Waals surface area contributed by atoms with Crippen LogP contribution in [0.25, 0.3) is 0 Å². The number of carbonyl (C=O) groups excluding carboxylic acids is 1. The molecular formula is C25H28N4O3. The SMILES string of the molecule is C=C(Nc1cncc(C#Cc2cc(C#N)ccc2NC(=O)OC(C)(C)C)c1)OC(C)(C)C. The van der Waals surface area contributed by atoms with Crippen LogP contribution < -0.4 is 10.6 Å². The lowest BCUT2D eigenvalue weighted by Crippen LogP contribution is -2.27. The molecule has 0 spiro atoms. The molecular weight excluding hydrogens is 404 g/mol. The summed E-state index contributed by atoms with van der Waals surface area (Å²) in [6.45, 7) is 15.0. The van der Waals surface area contributed by atoms with Crippen LogP contribution >= 0.6 is 0 Å². The van der Waals surface area contributed by atoms with E-state index in [0.29, 0.717) is 33.9 Å². The molecule has 0 aliphatic heterocycles. The highest BCUT2D eigenvalue weighted by Crippen LogP contribution is 2.19. The fourth-order valence-electron chi connectivity index (χ4n) is 2.51. The van der Waals surface area contributed by atoms with E-state index in [9.17, 15) is 10.1 Å². The number of anilines is 2. The van der Waals surface area contributed by atoms with Crippen molar-refractivity contribution < 1.29 is 14.3 Å². The molecule has 2 rings (SSSR count). The third kappa shape index (κ3) is 8.41. The van der Waals surface area contributed by atoms with Crippen molar-refractivity contribution in [3.05, 3.63) is 65.8 Å². The second-order valence-corrected chi connectivity index (χ2v) is 8.97. The van der Waals surface area contributed by atoms with E-state index in [1.165, 1.54) is 0 Å². The molecule has 0 radical (unpaired) electrons. The van der Waals surface area contributed by atoms with Gasteiger partial charge in [-0.15, -0.1) is 0 Å². The molecule has 1 aromatic carbocycles. The van der Waals surface area contributed by atoms with Crippen LogP contribution in [0, 0.1) is 23.2 Å². The first-order chi connectivity index (χ1) is 14.8. The lowest BCUT2D eigenvalue weighted by atomic mass is 10.1. The Bertz CT molecular complexity index is 1110. The summed E-state index contributed by atoms with van der Waals surface area (Å²) < 4.78 is 11.0. The second kappa shape index (κ2) is 9.89. The van der Waals surface area contributed by atoms with Crippen molar-refractivity contribution in [1.29, 1.82) is 5.26 Å². The highest BCUT2D eigenvalue weighted by molar-refractivity contribution is 5.87. The molecule has 1 heterocycles. The number of benzene rings is 1. The van der Waals surface area contributed by atoms with Crippen LogP contribution in [0.4, 0.5) is 16.2 Å². The summed E-state index contributed by atoms with van der Waals surface area (Å²) in [5.74, 6) is 6.41. The Morgan fingerprint density at radius 3 is 2.28 bits per heavy atom. The number of ether oxygens (including phenoxy) is 2. The van der Waals surface area contributed by atoms with Crippen LogP contribution in [0.1, 0.15) is 58.2 Å². The Labute approximate surface area is 189 Å². The number of nitrogens with one attached hydrogen (secondary N) is 2. The normalized spacial score (nSPS) is 10.8. The molecule has 0 atom stereocenters. The van der Waals surface area contributed by atoms with Crippen LogP contribution in [-0.2, 0) is 9.47 Å². The van der Waals surface area contributed by atoms with Gasteiger partial charge in [-0.3, -0.25) is 10.3 Å². The maximum atomic E-state index is 12.2. The van der Waals surface area contributed by atoms with Crippen molar-refractivity contribution in [3.8, 4) is 17.9 Å². The minimum absolute atomic E-state index is 0.377. The van der Waals surface area contributed by atoms with Gasteiger partial charge in [0.1, 0.15) is 11.2 Å². The van der Waals surface area contributed by atoms with E-state index < -0.39 is 11.7 Å². The minimum atomic E-state index is -0.637. The highest BCUT2D eigenvalue weighted by atomic mass is 16.6. The molecule has 32 heavy (non-hydrogen) atoms. The average molecular weight is 433 g/mol. The number of hydrogen-bond donors (Lipinski definition) is 2. The van der Waals surface area contributed by atoms with E-state index in [1.807, 2.05) is 20.8 Å². The van der Waals surface area contributed by atoms with E-state index in [1.54, 1.807) is 57.4 Å². The smallest absolute Gasteiger partial charge is 0.412 e. The average Bonchev–Trinajstić information content (AvgIpc) is 2.64. The van der Waals surface area contributed by atoms with Gasteiger partial charge in [-0.2, -0.15) is 5.26 Å². The third-order valence-corrected chi connectivity index (χ3v) is 3.58. The molecule has 2 N–H and O–H groups in total. The predicted octanol–water partition coefficient (Wildman–Crippen LogP) is 5.40. The molecule has 0 saturated carbocycles. The molecule has 1 amide bonds. The zero-order valence-corrected chi connectivity index (χ0v) is 19.3. The van der Waals surface area contributed by atoms with E-state index in [0.717, 1.165) is 0 Å². The van der Waals surface area contributed by atoms with Crippen LogP contribution in [-0.4, -0.2) is 22.3 Å². The molecule has 0 unspecified atom stereocenters. The first-order valence-corrected chi connectivity index (χ1v) is 10.0. The van der Waals surface area contributed by atoms with Crippen molar-refractivity contribution in [2.24, 2.45) is 0 Å². The molecule has 166 valence electrons. The standard InChI is InChI=1S/C25H28N4O3/c1-17(31-24(2,3)4)28-21-13-19(15-27-16-21)8-10-20-12-18(14-26)9-11-22(20)29-23(30)32-25(5,6)7/h9,11-13,15-16,28H,1H2,2-7H3,(H,29,30). The first-order valence-electron chi connectivity index (χ1n) is 10.0. The summed E-state index contributed by atoms with van der Waals surface area (Å²) in [5.41, 5.74) is 1.63. The Balaban J connectivity index is 2.26. The fourth-order valence-corrected chi connectivity index (χ4v) is 2.51. The van der Waals surface area contributed by atoms with Gasteiger partial charge in [0, 0.05) is 17.3 Å². The maximum absolute atomic E-state index is 12.2. The molecule has 0 aliphatic rings. The fraction of sp³-hybridized carbons (Fsp3) is 0.320. The lowest BCUT2D eigenvalue weighted by molar-refractivity contribution is 0.0564. The van der Waals surface area contributed by atoms with Crippen LogP contribution in [0.15, 0.2) is 49.1 Å². The Hall–Kier alpha value is -3.97. The van der Waals surface area contributed by atoms with Gasteiger partial charge in [-0.05, 0) is 72.4 Å². The van der Waals surface area contributed by atoms with Crippen molar-refractivity contribution >= 4 is 17.5 Å². The highest BCUT2D eigenvalue weighted by Gasteiger charge is 2.17. The zero-order chi connectivity index (χ0) is 23.9. The zero-order valence-electron chi connectivity index (χ0n) is 19.3. The summed E-state index contributed by atoms with van der Waals surface area (Å²) in [4.78, 5) is 16.4. The predicted molar refractivity (Wildman–Crippen MR) is 125 cm³/mol. The van der Waals surface area contributed by atoms with Crippen molar-refractivity contribution in [2.75, 3.05) is 10.6 Å². The van der Waals surface area contributed by atoms with Gasteiger partial charge in [0.15, 0.2) is 5.88 Å². The van der Waals surface area contributed by atoms with Crippen molar-refractivity contribution in [3.63, 3.8) is 0 Å². The van der Waals surface area contributed by atoms with Crippen LogP contribution in [0.3, 0.4) is 0 Å². The third-order valence-electron chi connectivity index (χ3n) is 3.58. The number of amides is 1. The van der Waals surface area contributed by atoms with E-state index >= 15 is 0 Å². The molecule has 2 aromatic rings. The monoisotopic (exact) mass is 432 g/mol. The quantitative estimate of drug-likeness (QED) is 0.496. The summed E-state index contributed by atoms with van der Waals surface area (Å²) in [6, 6.07) is 8.70. The Morgan fingerprint density at radius 2 is 1.66 bits per heavy atom. The van der Waals surface area contributed by atoms with Gasteiger partial charge in [-0.1, -0.05) is 11.8 Å². The van der Waals surface area contributed by atoms with Gasteiger partial charge < -0.3 is 14.8 Å². The number of aromatic nitrogens is 1. The van der Waals surface area contributed by atoms with Gasteiger partial charge in [-0.25, -0.2) is 4.79 Å². The maximum Gasteiger partial charge on any atom is 0.412 e. The van der Waals surface area contributed by atoms with E-state index in [-0.39, 0.29) is 5.60 Å². The van der Waals surface area contributed by atoms with Crippen molar-refractivity contribution in [2.45, 2.75) is 52.7 Å². The van der Waals surface area contributed by atoms with Gasteiger partial charge in [0.25, 0.3) is 0 Å². The van der Waals surface area contributed by atoms with Crippen LogP contribution in [0.2, 0.25) is 0 Å². The number of nitriles is 1. The van der Waals surface area contributed by atoms with Crippen molar-refractivity contribution in [1.82, 2.24) is 4.98 Å². The van der Waals surface area contributed by atoms with Gasteiger partial charge >= 0.3 is 6.09 Å². The molecule has 0 saturated heterocycles. The summed E-state index contributed by atoms with van der Waals surface area (Å²) in [7, 11) is 0. The number of pyridine rings is 1. The first kappa shape index (κ1) is 24.3. The lowest BCUT2D eigenvalue weighted by Gasteiger charge is -2.23. The topological polar surface area (TPSA) is 96.3 Å².